The van der Waals surface area contributed by atoms with E-state index >= 15 is 0 Å². The smallest absolute Gasteiger partial charge is 0.397 e. The first-order valence-corrected chi connectivity index (χ1v) is 10.0. The van der Waals surface area contributed by atoms with Crippen LogP contribution < -0.4 is 10.6 Å². The molecule has 1 aliphatic rings. The highest BCUT2D eigenvalue weighted by molar-refractivity contribution is 7.92. The number of anilines is 2. The number of nitrogens with zero attached hydrogens (tertiary/aromatic N) is 3. The molecule has 8 nitrogen and oxygen atoms in total. The van der Waals surface area contributed by atoms with Gasteiger partial charge in [-0.2, -0.15) is 13.2 Å². The number of nitrogen functional groups attached to an aromatic ring is 1. The van der Waals surface area contributed by atoms with Gasteiger partial charge in [0.05, 0.1) is 29.0 Å². The van der Waals surface area contributed by atoms with Crippen LogP contribution in [0.2, 0.25) is 0 Å². The van der Waals surface area contributed by atoms with Gasteiger partial charge in [0.25, 0.3) is 15.7 Å². The van der Waals surface area contributed by atoms with E-state index in [0.29, 0.717) is 23.4 Å². The molecule has 160 valence electrons. The zero-order valence-corrected chi connectivity index (χ0v) is 16.7. The SMILES string of the molecule is CC1(C)C(=O)N(c2ccc(S(=O)(=O)C(F)(F)F)cc2)C(=O)N1Cc1ccncc1N. The van der Waals surface area contributed by atoms with Crippen molar-refractivity contribution in [3.8, 4) is 0 Å². The van der Waals surface area contributed by atoms with Crippen LogP contribution in [0, 0.1) is 0 Å². The molecule has 0 unspecified atom stereocenters. The number of pyridine rings is 1. The summed E-state index contributed by atoms with van der Waals surface area (Å²) in [6.45, 7) is 3.04. The zero-order valence-electron chi connectivity index (χ0n) is 15.8. The molecular weight excluding hydrogens is 425 g/mol. The van der Waals surface area contributed by atoms with E-state index in [2.05, 4.69) is 4.98 Å². The molecule has 1 saturated heterocycles. The van der Waals surface area contributed by atoms with E-state index in [0.717, 1.165) is 17.0 Å². The van der Waals surface area contributed by atoms with E-state index in [9.17, 15) is 31.2 Å². The molecule has 1 aromatic heterocycles. The Morgan fingerprint density at radius 1 is 1.10 bits per heavy atom. The molecule has 3 amide bonds. The summed E-state index contributed by atoms with van der Waals surface area (Å²) in [6.07, 6.45) is 2.89. The van der Waals surface area contributed by atoms with Gasteiger partial charge in [0.2, 0.25) is 0 Å². The molecule has 0 atom stereocenters. The molecule has 1 aliphatic heterocycles. The first-order valence-electron chi connectivity index (χ1n) is 8.54. The summed E-state index contributed by atoms with van der Waals surface area (Å²) in [4.78, 5) is 30.8. The molecule has 0 spiro atoms. The number of nitrogens with two attached hydrogens (primary N) is 1. The van der Waals surface area contributed by atoms with Crippen molar-refractivity contribution in [1.82, 2.24) is 9.88 Å². The second-order valence-electron chi connectivity index (χ2n) is 7.09. The van der Waals surface area contributed by atoms with Gasteiger partial charge in [-0.25, -0.2) is 18.1 Å². The maximum Gasteiger partial charge on any atom is 0.501 e. The average Bonchev–Trinajstić information content (AvgIpc) is 2.82. The number of hydrogen-bond acceptors (Lipinski definition) is 6. The molecule has 1 aromatic carbocycles. The van der Waals surface area contributed by atoms with Gasteiger partial charge in [-0.15, -0.1) is 0 Å². The molecule has 3 rings (SSSR count). The number of rotatable bonds is 4. The summed E-state index contributed by atoms with van der Waals surface area (Å²) in [5.74, 6) is -0.619. The molecule has 12 heteroatoms. The van der Waals surface area contributed by atoms with Gasteiger partial charge in [-0.1, -0.05) is 0 Å². The number of imide groups is 1. The molecule has 1 fully saturated rings. The van der Waals surface area contributed by atoms with Crippen molar-refractivity contribution < 1.29 is 31.2 Å². The molecule has 0 bridgehead atoms. The number of urea groups is 1. The number of halogens is 3. The predicted molar refractivity (Wildman–Crippen MR) is 101 cm³/mol. The third kappa shape index (κ3) is 3.36. The summed E-state index contributed by atoms with van der Waals surface area (Å²) >= 11 is 0. The minimum Gasteiger partial charge on any atom is -0.397 e. The Morgan fingerprint density at radius 3 is 2.23 bits per heavy atom. The molecule has 30 heavy (non-hydrogen) atoms. The molecule has 0 radical (unpaired) electrons. The summed E-state index contributed by atoms with van der Waals surface area (Å²) in [7, 11) is -5.54. The third-order valence-corrected chi connectivity index (χ3v) is 6.31. The van der Waals surface area contributed by atoms with Crippen LogP contribution in [-0.2, 0) is 21.2 Å². The summed E-state index contributed by atoms with van der Waals surface area (Å²) < 4.78 is 61.1. The number of alkyl halides is 3. The van der Waals surface area contributed by atoms with E-state index in [1.807, 2.05) is 0 Å². The van der Waals surface area contributed by atoms with Gasteiger partial charge >= 0.3 is 11.5 Å². The maximum absolute atomic E-state index is 13.0. The van der Waals surface area contributed by atoms with Crippen LogP contribution >= 0.6 is 0 Å². The Labute approximate surface area is 170 Å². The zero-order chi connectivity index (χ0) is 22.5. The quantitative estimate of drug-likeness (QED) is 0.729. The van der Waals surface area contributed by atoms with Gasteiger partial charge in [-0.3, -0.25) is 9.78 Å². The van der Waals surface area contributed by atoms with Crippen molar-refractivity contribution in [1.29, 1.82) is 0 Å². The second-order valence-corrected chi connectivity index (χ2v) is 9.03. The number of benzene rings is 1. The van der Waals surface area contributed by atoms with E-state index in [-0.39, 0.29) is 12.2 Å². The largest absolute Gasteiger partial charge is 0.501 e. The highest BCUT2D eigenvalue weighted by Crippen LogP contribution is 2.35. The lowest BCUT2D eigenvalue weighted by Crippen LogP contribution is -2.43. The molecule has 2 N–H and O–H groups in total. The number of aromatic nitrogens is 1. The Kier molecular flexibility index (Phi) is 5.01. The monoisotopic (exact) mass is 442 g/mol. The van der Waals surface area contributed by atoms with Gasteiger partial charge in [0, 0.05) is 6.20 Å². The lowest BCUT2D eigenvalue weighted by Gasteiger charge is -2.28. The Morgan fingerprint density at radius 2 is 1.70 bits per heavy atom. The van der Waals surface area contributed by atoms with Crippen molar-refractivity contribution in [2.45, 2.75) is 36.3 Å². The van der Waals surface area contributed by atoms with Gasteiger partial charge in [0.1, 0.15) is 5.54 Å². The van der Waals surface area contributed by atoms with Crippen LogP contribution in [0.3, 0.4) is 0 Å². The lowest BCUT2D eigenvalue weighted by atomic mass is 10.0. The van der Waals surface area contributed by atoms with E-state index < -0.39 is 37.7 Å². The van der Waals surface area contributed by atoms with Crippen molar-refractivity contribution >= 4 is 33.2 Å². The second kappa shape index (κ2) is 6.97. The minimum atomic E-state index is -5.54. The van der Waals surface area contributed by atoms with Crippen molar-refractivity contribution in [2.24, 2.45) is 0 Å². The highest BCUT2D eigenvalue weighted by atomic mass is 32.2. The summed E-state index contributed by atoms with van der Waals surface area (Å²) in [6, 6.07) is 4.25. The van der Waals surface area contributed by atoms with Crippen LogP contribution in [0.25, 0.3) is 0 Å². The van der Waals surface area contributed by atoms with Crippen LogP contribution in [-0.4, -0.2) is 41.3 Å². The van der Waals surface area contributed by atoms with Crippen molar-refractivity contribution in [3.63, 3.8) is 0 Å². The topological polar surface area (TPSA) is 114 Å². The first-order chi connectivity index (χ1) is 13.8. The minimum absolute atomic E-state index is 0.00294. The van der Waals surface area contributed by atoms with E-state index in [4.69, 9.17) is 5.73 Å². The van der Waals surface area contributed by atoms with Crippen LogP contribution in [0.5, 0.6) is 0 Å². The van der Waals surface area contributed by atoms with Gasteiger partial charge < -0.3 is 10.6 Å². The molecule has 0 saturated carbocycles. The van der Waals surface area contributed by atoms with Gasteiger partial charge in [-0.05, 0) is 49.7 Å². The summed E-state index contributed by atoms with van der Waals surface area (Å²) in [5, 5.41) is 0. The van der Waals surface area contributed by atoms with Gasteiger partial charge in [0.15, 0.2) is 0 Å². The predicted octanol–water partition coefficient (Wildman–Crippen LogP) is 2.70. The van der Waals surface area contributed by atoms with Crippen LogP contribution in [0.1, 0.15) is 19.4 Å². The van der Waals surface area contributed by atoms with Crippen molar-refractivity contribution in [3.05, 3.63) is 48.3 Å². The summed E-state index contributed by atoms with van der Waals surface area (Å²) in [5.41, 5.74) is -0.0390. The van der Waals surface area contributed by atoms with Crippen molar-refractivity contribution in [2.75, 3.05) is 10.6 Å². The number of amides is 3. The fraction of sp³-hybridized carbons (Fsp3) is 0.278. The number of hydrogen-bond donors (Lipinski definition) is 1. The lowest BCUT2D eigenvalue weighted by molar-refractivity contribution is -0.123. The van der Waals surface area contributed by atoms with Crippen LogP contribution in [0.15, 0.2) is 47.6 Å². The number of sulfone groups is 1. The molecule has 2 heterocycles. The number of carbonyl (C=O) groups excluding carboxylic acids is 2. The maximum atomic E-state index is 13.0. The standard InChI is InChI=1S/C18H17F3N4O4S/c1-17(2)15(26)25(16(27)24(17)10-11-7-8-23-9-14(11)22)12-3-5-13(6-4-12)30(28,29)18(19,20)21/h3-9H,10,22H2,1-2H3. The fourth-order valence-corrected chi connectivity index (χ4v) is 3.75. The number of carbonyl (C=O) groups is 2. The Balaban J connectivity index is 1.95. The molecule has 0 aliphatic carbocycles. The highest BCUT2D eigenvalue weighted by Gasteiger charge is 2.52. The normalized spacial score (nSPS) is 17.0. The van der Waals surface area contributed by atoms with E-state index in [1.54, 1.807) is 6.07 Å². The average molecular weight is 442 g/mol. The molecule has 2 aromatic rings. The molecular formula is C18H17F3N4O4S. The van der Waals surface area contributed by atoms with E-state index in [1.165, 1.54) is 31.1 Å². The third-order valence-electron chi connectivity index (χ3n) is 4.81. The first kappa shape index (κ1) is 21.6. The van der Waals surface area contributed by atoms with Crippen LogP contribution in [0.4, 0.5) is 29.3 Å². The Bertz CT molecular complexity index is 1110. The Hall–Kier alpha value is -3.15. The fourth-order valence-electron chi connectivity index (χ4n) is 2.99.